The lowest BCUT2D eigenvalue weighted by Crippen LogP contribution is -2.21. The number of hydrogen-bond donors (Lipinski definition) is 1. The maximum Gasteiger partial charge on any atom is 0.101 e. The Morgan fingerprint density at radius 2 is 1.88 bits per heavy atom. The van der Waals surface area contributed by atoms with E-state index in [0.29, 0.717) is 0 Å². The molecule has 1 aromatic carbocycles. The van der Waals surface area contributed by atoms with Crippen molar-refractivity contribution in [2.24, 2.45) is 4.99 Å². The molecule has 0 saturated heterocycles. The summed E-state index contributed by atoms with van der Waals surface area (Å²) in [7, 11) is 0. The SMILES string of the molecule is CCN(CC)c1ccc(NC2=NCCC2)cc1. The number of amidine groups is 1. The molecule has 0 unspecified atom stereocenters. The average Bonchev–Trinajstić information content (AvgIpc) is 2.86. The van der Waals surface area contributed by atoms with Gasteiger partial charge in [-0.1, -0.05) is 0 Å². The Labute approximate surface area is 104 Å². The minimum Gasteiger partial charge on any atom is -0.372 e. The van der Waals surface area contributed by atoms with Crippen molar-refractivity contribution in [2.75, 3.05) is 29.9 Å². The number of rotatable bonds is 4. The largest absolute Gasteiger partial charge is 0.372 e. The van der Waals surface area contributed by atoms with Crippen molar-refractivity contribution in [1.82, 2.24) is 0 Å². The molecule has 1 heterocycles. The van der Waals surface area contributed by atoms with Gasteiger partial charge in [-0.15, -0.1) is 0 Å². The molecule has 17 heavy (non-hydrogen) atoms. The normalized spacial score (nSPS) is 14.6. The van der Waals surface area contributed by atoms with Gasteiger partial charge < -0.3 is 10.2 Å². The van der Waals surface area contributed by atoms with Gasteiger partial charge in [0.15, 0.2) is 0 Å². The van der Waals surface area contributed by atoms with Gasteiger partial charge in [-0.25, -0.2) is 0 Å². The monoisotopic (exact) mass is 231 g/mol. The lowest BCUT2D eigenvalue weighted by molar-refractivity contribution is 0.866. The van der Waals surface area contributed by atoms with Crippen molar-refractivity contribution < 1.29 is 0 Å². The van der Waals surface area contributed by atoms with Gasteiger partial charge in [-0.2, -0.15) is 0 Å². The summed E-state index contributed by atoms with van der Waals surface area (Å²) in [4.78, 5) is 6.76. The van der Waals surface area contributed by atoms with E-state index >= 15 is 0 Å². The van der Waals surface area contributed by atoms with E-state index < -0.39 is 0 Å². The quantitative estimate of drug-likeness (QED) is 0.862. The summed E-state index contributed by atoms with van der Waals surface area (Å²) in [5, 5.41) is 3.37. The van der Waals surface area contributed by atoms with Crippen LogP contribution in [0.5, 0.6) is 0 Å². The molecule has 1 N–H and O–H groups in total. The summed E-state index contributed by atoms with van der Waals surface area (Å²) >= 11 is 0. The second-order valence-corrected chi connectivity index (χ2v) is 4.28. The number of anilines is 2. The Morgan fingerprint density at radius 3 is 2.41 bits per heavy atom. The topological polar surface area (TPSA) is 27.6 Å². The maximum absolute atomic E-state index is 4.42. The molecule has 1 aromatic rings. The highest BCUT2D eigenvalue weighted by Gasteiger charge is 2.06. The van der Waals surface area contributed by atoms with E-state index in [1.54, 1.807) is 0 Å². The first kappa shape index (κ1) is 12.0. The van der Waals surface area contributed by atoms with Gasteiger partial charge in [-0.3, -0.25) is 4.99 Å². The first-order valence-corrected chi connectivity index (χ1v) is 6.49. The molecule has 0 atom stereocenters. The lowest BCUT2D eigenvalue weighted by atomic mass is 10.2. The average molecular weight is 231 g/mol. The number of nitrogens with one attached hydrogen (secondary N) is 1. The zero-order valence-corrected chi connectivity index (χ0v) is 10.7. The molecule has 0 aliphatic carbocycles. The van der Waals surface area contributed by atoms with Crippen LogP contribution in [0.4, 0.5) is 11.4 Å². The number of hydrogen-bond acceptors (Lipinski definition) is 3. The molecule has 1 aliphatic heterocycles. The van der Waals surface area contributed by atoms with Crippen LogP contribution in [0.3, 0.4) is 0 Å². The van der Waals surface area contributed by atoms with Crippen molar-refractivity contribution in [3.05, 3.63) is 24.3 Å². The van der Waals surface area contributed by atoms with E-state index in [2.05, 4.69) is 53.3 Å². The van der Waals surface area contributed by atoms with E-state index in [0.717, 1.165) is 37.6 Å². The number of aliphatic imine (C=N–C) groups is 1. The Balaban J connectivity index is 2.02. The van der Waals surface area contributed by atoms with Gasteiger partial charge in [0.2, 0.25) is 0 Å². The van der Waals surface area contributed by atoms with E-state index in [1.807, 2.05) is 0 Å². The third kappa shape index (κ3) is 2.99. The van der Waals surface area contributed by atoms with Gasteiger partial charge >= 0.3 is 0 Å². The highest BCUT2D eigenvalue weighted by Crippen LogP contribution is 2.18. The fraction of sp³-hybridized carbons (Fsp3) is 0.500. The molecule has 92 valence electrons. The van der Waals surface area contributed by atoms with Crippen LogP contribution in [0, 0.1) is 0 Å². The summed E-state index contributed by atoms with van der Waals surface area (Å²) in [6.45, 7) is 7.44. The summed E-state index contributed by atoms with van der Waals surface area (Å²) in [6.07, 6.45) is 2.26. The van der Waals surface area contributed by atoms with Crippen LogP contribution in [0.15, 0.2) is 29.3 Å². The highest BCUT2D eigenvalue weighted by atomic mass is 15.1. The lowest BCUT2D eigenvalue weighted by Gasteiger charge is -2.21. The van der Waals surface area contributed by atoms with Gasteiger partial charge in [0, 0.05) is 37.4 Å². The standard InChI is InChI=1S/C14H21N3/c1-3-17(4-2)13-9-7-12(8-10-13)16-14-6-5-11-15-14/h7-10H,3-6,11H2,1-2H3,(H,15,16). The van der Waals surface area contributed by atoms with E-state index in [1.165, 1.54) is 12.1 Å². The van der Waals surface area contributed by atoms with Gasteiger partial charge in [0.05, 0.1) is 0 Å². The third-order valence-corrected chi connectivity index (χ3v) is 3.16. The van der Waals surface area contributed by atoms with Crippen molar-refractivity contribution >= 4 is 17.2 Å². The predicted molar refractivity (Wildman–Crippen MR) is 75.2 cm³/mol. The number of nitrogens with zero attached hydrogens (tertiary/aromatic N) is 2. The van der Waals surface area contributed by atoms with E-state index in [4.69, 9.17) is 0 Å². The molecular formula is C14H21N3. The molecular weight excluding hydrogens is 210 g/mol. The fourth-order valence-electron chi connectivity index (χ4n) is 2.15. The molecule has 1 aliphatic rings. The first-order valence-electron chi connectivity index (χ1n) is 6.49. The smallest absolute Gasteiger partial charge is 0.101 e. The van der Waals surface area contributed by atoms with Crippen LogP contribution in [-0.4, -0.2) is 25.5 Å². The minimum absolute atomic E-state index is 0.972. The molecule has 0 saturated carbocycles. The highest BCUT2D eigenvalue weighted by molar-refractivity contribution is 5.96. The zero-order valence-electron chi connectivity index (χ0n) is 10.7. The molecule has 0 aromatic heterocycles. The van der Waals surface area contributed by atoms with Crippen LogP contribution >= 0.6 is 0 Å². The van der Waals surface area contributed by atoms with E-state index in [9.17, 15) is 0 Å². The van der Waals surface area contributed by atoms with Crippen LogP contribution < -0.4 is 10.2 Å². The van der Waals surface area contributed by atoms with E-state index in [-0.39, 0.29) is 0 Å². The number of benzene rings is 1. The van der Waals surface area contributed by atoms with Crippen molar-refractivity contribution in [1.29, 1.82) is 0 Å². The molecule has 0 radical (unpaired) electrons. The Hall–Kier alpha value is -1.51. The van der Waals surface area contributed by atoms with Crippen molar-refractivity contribution in [3.63, 3.8) is 0 Å². The maximum atomic E-state index is 4.42. The minimum atomic E-state index is 0.972. The Bertz CT molecular complexity index is 377. The molecule has 3 heteroatoms. The van der Waals surface area contributed by atoms with Crippen molar-refractivity contribution in [3.8, 4) is 0 Å². The molecule has 0 amide bonds. The van der Waals surface area contributed by atoms with Crippen LogP contribution in [0.2, 0.25) is 0 Å². The second-order valence-electron chi connectivity index (χ2n) is 4.28. The Morgan fingerprint density at radius 1 is 1.18 bits per heavy atom. The summed E-state index contributed by atoms with van der Waals surface area (Å²) in [6, 6.07) is 8.61. The zero-order chi connectivity index (χ0) is 12.1. The second kappa shape index (κ2) is 5.71. The third-order valence-electron chi connectivity index (χ3n) is 3.16. The first-order chi connectivity index (χ1) is 8.33. The summed E-state index contributed by atoms with van der Waals surface area (Å²) < 4.78 is 0. The Kier molecular flexibility index (Phi) is 4.02. The molecule has 2 rings (SSSR count). The molecule has 3 nitrogen and oxygen atoms in total. The van der Waals surface area contributed by atoms with Gasteiger partial charge in [0.1, 0.15) is 5.84 Å². The molecule has 0 spiro atoms. The van der Waals surface area contributed by atoms with Gasteiger partial charge in [0.25, 0.3) is 0 Å². The summed E-state index contributed by atoms with van der Waals surface area (Å²) in [5.74, 6) is 1.13. The van der Waals surface area contributed by atoms with Crippen molar-refractivity contribution in [2.45, 2.75) is 26.7 Å². The van der Waals surface area contributed by atoms with Gasteiger partial charge in [-0.05, 0) is 44.5 Å². The molecule has 0 fully saturated rings. The summed E-state index contributed by atoms with van der Waals surface area (Å²) in [5.41, 5.74) is 2.43. The van der Waals surface area contributed by atoms with Crippen LogP contribution in [-0.2, 0) is 0 Å². The van der Waals surface area contributed by atoms with Crippen LogP contribution in [0.25, 0.3) is 0 Å². The predicted octanol–water partition coefficient (Wildman–Crippen LogP) is 3.14. The van der Waals surface area contributed by atoms with Crippen LogP contribution in [0.1, 0.15) is 26.7 Å². The fourth-order valence-corrected chi connectivity index (χ4v) is 2.15. The molecule has 0 bridgehead atoms.